The first kappa shape index (κ1) is 29.8. The second-order valence-corrected chi connectivity index (χ2v) is 12.4. The maximum absolute atomic E-state index is 10.0. The number of rotatable bonds is 4. The fourth-order valence-electron chi connectivity index (χ4n) is 7.22. The van der Waals surface area contributed by atoms with Crippen molar-refractivity contribution in [2.45, 2.75) is 6.92 Å². The van der Waals surface area contributed by atoms with Gasteiger partial charge in [0, 0.05) is 11.1 Å². The summed E-state index contributed by atoms with van der Waals surface area (Å²) in [6, 6.07) is 54.6. The van der Waals surface area contributed by atoms with Crippen molar-refractivity contribution in [2.75, 3.05) is 9.80 Å². The first-order valence-electron chi connectivity index (χ1n) is 16.6. The van der Waals surface area contributed by atoms with Crippen molar-refractivity contribution >= 4 is 34.1 Å². The maximum atomic E-state index is 10.0. The SMILES string of the molecule is Cc1c(N2c3ccccc3Oc3ccccc32)c(-c2cccc(C#N)c2)cc(-c2cccc(C#N)c2)c1N1c2ccccc2Oc2ccccc21. The minimum atomic E-state index is 0.562. The number of nitrogens with zero attached hydrogens (tertiary/aromatic N) is 4. The molecule has 6 nitrogen and oxygen atoms in total. The molecule has 0 saturated heterocycles. The largest absolute Gasteiger partial charge is 0.453 e. The molecule has 0 spiro atoms. The van der Waals surface area contributed by atoms with Crippen molar-refractivity contribution in [3.05, 3.63) is 168 Å². The Labute approximate surface area is 295 Å². The maximum Gasteiger partial charge on any atom is 0.151 e. The van der Waals surface area contributed by atoms with Crippen molar-refractivity contribution in [3.63, 3.8) is 0 Å². The van der Waals surface area contributed by atoms with Crippen LogP contribution in [-0.2, 0) is 0 Å². The molecule has 0 aliphatic carbocycles. The van der Waals surface area contributed by atoms with Gasteiger partial charge in [-0.15, -0.1) is 0 Å². The number of ether oxygens (including phenoxy) is 2. The lowest BCUT2D eigenvalue weighted by molar-refractivity contribution is 0.477. The zero-order chi connectivity index (χ0) is 34.5. The van der Waals surface area contributed by atoms with E-state index in [9.17, 15) is 10.5 Å². The van der Waals surface area contributed by atoms with Gasteiger partial charge in [-0.05, 0) is 102 Å². The molecule has 2 aliphatic heterocycles. The molecule has 7 aromatic carbocycles. The van der Waals surface area contributed by atoms with E-state index in [2.05, 4.69) is 59.2 Å². The molecule has 0 bridgehead atoms. The Morgan fingerprint density at radius 1 is 0.431 bits per heavy atom. The molecule has 6 heteroatoms. The Bertz CT molecular complexity index is 2350. The predicted octanol–water partition coefficient (Wildman–Crippen LogP) is 12.2. The molecule has 2 heterocycles. The Hall–Kier alpha value is -7.28. The average molecular weight is 657 g/mol. The van der Waals surface area contributed by atoms with Crippen molar-refractivity contribution in [1.29, 1.82) is 10.5 Å². The Kier molecular flexibility index (Phi) is 7.02. The van der Waals surface area contributed by atoms with Gasteiger partial charge in [-0.3, -0.25) is 0 Å². The highest BCUT2D eigenvalue weighted by atomic mass is 16.5. The second kappa shape index (κ2) is 12.0. The first-order valence-corrected chi connectivity index (χ1v) is 16.6. The minimum absolute atomic E-state index is 0.562. The second-order valence-electron chi connectivity index (χ2n) is 12.4. The molecular formula is C45H28N4O2. The van der Waals surface area contributed by atoms with Crippen LogP contribution in [-0.4, -0.2) is 0 Å². The van der Waals surface area contributed by atoms with Crippen LogP contribution in [0.1, 0.15) is 16.7 Å². The van der Waals surface area contributed by atoms with E-state index in [4.69, 9.17) is 9.47 Å². The molecular weight excluding hydrogens is 629 g/mol. The average Bonchev–Trinajstić information content (AvgIpc) is 3.19. The smallest absolute Gasteiger partial charge is 0.151 e. The summed E-state index contributed by atoms with van der Waals surface area (Å²) in [6.45, 7) is 2.15. The summed E-state index contributed by atoms with van der Waals surface area (Å²) < 4.78 is 12.9. The van der Waals surface area contributed by atoms with E-state index in [0.717, 1.165) is 84.9 Å². The van der Waals surface area contributed by atoms with Gasteiger partial charge in [-0.2, -0.15) is 10.5 Å². The van der Waals surface area contributed by atoms with E-state index in [0.29, 0.717) is 11.1 Å². The lowest BCUT2D eigenvalue weighted by Gasteiger charge is -2.39. The van der Waals surface area contributed by atoms with Crippen molar-refractivity contribution in [1.82, 2.24) is 0 Å². The number of benzene rings is 7. The van der Waals surface area contributed by atoms with Crippen molar-refractivity contribution < 1.29 is 9.47 Å². The van der Waals surface area contributed by atoms with E-state index in [1.807, 2.05) is 121 Å². The number of para-hydroxylation sites is 8. The molecule has 0 radical (unpaired) electrons. The van der Waals surface area contributed by atoms with Crippen LogP contribution in [0.25, 0.3) is 22.3 Å². The summed E-state index contributed by atoms with van der Waals surface area (Å²) >= 11 is 0. The van der Waals surface area contributed by atoms with Gasteiger partial charge in [0.1, 0.15) is 0 Å². The van der Waals surface area contributed by atoms with Gasteiger partial charge in [0.05, 0.1) is 57.4 Å². The highest BCUT2D eigenvalue weighted by molar-refractivity contribution is 6.04. The standard InChI is InChI=1S/C45H28N4O2/c1-29-44(48-36-16-2-6-20-40(36)50-41-21-7-3-17-37(41)48)34(32-14-10-12-30(24-32)27-46)26-35(33-15-11-13-31(25-33)28-47)45(29)49-38-18-4-8-22-42(38)51-43-23-9-5-19-39(43)49/h2-26H,1H3. The van der Waals surface area contributed by atoms with E-state index in [1.54, 1.807) is 0 Å². The third-order valence-electron chi connectivity index (χ3n) is 9.43. The molecule has 240 valence electrons. The normalized spacial score (nSPS) is 12.2. The monoisotopic (exact) mass is 656 g/mol. The summed E-state index contributed by atoms with van der Waals surface area (Å²) in [4.78, 5) is 4.55. The molecule has 0 fully saturated rings. The van der Waals surface area contributed by atoms with Gasteiger partial charge in [-0.1, -0.05) is 72.8 Å². The topological polar surface area (TPSA) is 72.5 Å². The lowest BCUT2D eigenvalue weighted by Crippen LogP contribution is -2.21. The molecule has 0 N–H and O–H groups in total. The van der Waals surface area contributed by atoms with Crippen LogP contribution < -0.4 is 19.3 Å². The van der Waals surface area contributed by atoms with Gasteiger partial charge < -0.3 is 19.3 Å². The molecule has 0 saturated carbocycles. The van der Waals surface area contributed by atoms with Crippen molar-refractivity contribution in [2.24, 2.45) is 0 Å². The molecule has 9 rings (SSSR count). The van der Waals surface area contributed by atoms with Gasteiger partial charge in [0.15, 0.2) is 23.0 Å². The van der Waals surface area contributed by atoms with E-state index in [-0.39, 0.29) is 0 Å². The van der Waals surface area contributed by atoms with Crippen LogP contribution in [0.5, 0.6) is 23.0 Å². The Morgan fingerprint density at radius 2 is 0.784 bits per heavy atom. The summed E-state index contributed by atoms with van der Waals surface area (Å²) in [5.74, 6) is 2.95. The molecule has 0 aromatic heterocycles. The van der Waals surface area contributed by atoms with Crippen LogP contribution in [0.2, 0.25) is 0 Å². The van der Waals surface area contributed by atoms with Gasteiger partial charge in [0.2, 0.25) is 0 Å². The molecule has 0 unspecified atom stereocenters. The zero-order valence-corrected chi connectivity index (χ0v) is 27.5. The summed E-state index contributed by atoms with van der Waals surface area (Å²) in [5, 5.41) is 20.0. The highest BCUT2D eigenvalue weighted by Crippen LogP contribution is 2.59. The van der Waals surface area contributed by atoms with Crippen LogP contribution in [0.3, 0.4) is 0 Å². The van der Waals surface area contributed by atoms with Gasteiger partial charge in [-0.25, -0.2) is 0 Å². The van der Waals surface area contributed by atoms with E-state index >= 15 is 0 Å². The minimum Gasteiger partial charge on any atom is -0.453 e. The summed E-state index contributed by atoms with van der Waals surface area (Å²) in [6.07, 6.45) is 0. The van der Waals surface area contributed by atoms with Gasteiger partial charge >= 0.3 is 0 Å². The number of hydrogen-bond donors (Lipinski definition) is 0. The number of hydrogen-bond acceptors (Lipinski definition) is 6. The summed E-state index contributed by atoms with van der Waals surface area (Å²) in [5.41, 5.74) is 11.2. The lowest BCUT2D eigenvalue weighted by atomic mass is 9.89. The first-order chi connectivity index (χ1) is 25.1. The zero-order valence-electron chi connectivity index (χ0n) is 27.5. The van der Waals surface area contributed by atoms with E-state index in [1.165, 1.54) is 0 Å². The van der Waals surface area contributed by atoms with Gasteiger partial charge in [0.25, 0.3) is 0 Å². The summed E-state index contributed by atoms with van der Waals surface area (Å²) in [7, 11) is 0. The fraction of sp³-hybridized carbons (Fsp3) is 0.0222. The van der Waals surface area contributed by atoms with Crippen LogP contribution in [0.4, 0.5) is 34.1 Å². The molecule has 0 atom stereocenters. The van der Waals surface area contributed by atoms with Crippen LogP contribution >= 0.6 is 0 Å². The third-order valence-corrected chi connectivity index (χ3v) is 9.43. The van der Waals surface area contributed by atoms with Crippen LogP contribution in [0.15, 0.2) is 152 Å². The molecule has 51 heavy (non-hydrogen) atoms. The Balaban J connectivity index is 1.46. The third kappa shape index (κ3) is 4.86. The fourth-order valence-corrected chi connectivity index (χ4v) is 7.22. The van der Waals surface area contributed by atoms with Crippen molar-refractivity contribution in [3.8, 4) is 57.4 Å². The Morgan fingerprint density at radius 3 is 1.14 bits per heavy atom. The molecule has 2 aliphatic rings. The highest BCUT2D eigenvalue weighted by Gasteiger charge is 2.34. The molecule has 0 amide bonds. The quantitative estimate of drug-likeness (QED) is 0.188. The van der Waals surface area contributed by atoms with Crippen LogP contribution in [0, 0.1) is 29.6 Å². The number of fused-ring (bicyclic) bond motifs is 4. The number of nitriles is 2. The van der Waals surface area contributed by atoms with E-state index < -0.39 is 0 Å². The number of anilines is 6. The predicted molar refractivity (Wildman–Crippen MR) is 201 cm³/mol. The molecule has 7 aromatic rings.